The Morgan fingerprint density at radius 2 is 2.00 bits per heavy atom. The van der Waals surface area contributed by atoms with Crippen LogP contribution in [0.15, 0.2) is 18.2 Å². The average molecular weight is 281 g/mol. The molecule has 5 heteroatoms. The Kier molecular flexibility index (Phi) is 6.70. The van der Waals surface area contributed by atoms with Gasteiger partial charge in [0.05, 0.1) is 12.7 Å². The van der Waals surface area contributed by atoms with Crippen LogP contribution in [0.5, 0.6) is 0 Å². The van der Waals surface area contributed by atoms with E-state index in [1.54, 1.807) is 13.0 Å². The van der Waals surface area contributed by atoms with Crippen molar-refractivity contribution in [2.45, 2.75) is 32.6 Å². The second kappa shape index (κ2) is 8.30. The number of halogens is 1. The SMILES string of the molecule is COC(=O)CCCCCNC(=O)c1ccc(C)cc1F. The van der Waals surface area contributed by atoms with Crippen LogP contribution < -0.4 is 5.32 Å². The van der Waals surface area contributed by atoms with Crippen molar-refractivity contribution in [1.82, 2.24) is 5.32 Å². The molecule has 0 bridgehead atoms. The first-order valence-corrected chi connectivity index (χ1v) is 6.65. The van der Waals surface area contributed by atoms with Crippen LogP contribution in [0.4, 0.5) is 4.39 Å². The molecule has 110 valence electrons. The van der Waals surface area contributed by atoms with Crippen LogP contribution in [0, 0.1) is 12.7 Å². The third-order valence-electron chi connectivity index (χ3n) is 2.94. The average Bonchev–Trinajstić information content (AvgIpc) is 2.42. The number of nitrogens with one attached hydrogen (secondary N) is 1. The highest BCUT2D eigenvalue weighted by atomic mass is 19.1. The largest absolute Gasteiger partial charge is 0.469 e. The van der Waals surface area contributed by atoms with E-state index in [-0.39, 0.29) is 11.5 Å². The number of ether oxygens (including phenoxy) is 1. The van der Waals surface area contributed by atoms with Crippen molar-refractivity contribution in [1.29, 1.82) is 0 Å². The molecule has 20 heavy (non-hydrogen) atoms. The summed E-state index contributed by atoms with van der Waals surface area (Å²) in [5, 5.41) is 2.67. The molecule has 0 saturated carbocycles. The smallest absolute Gasteiger partial charge is 0.305 e. The van der Waals surface area contributed by atoms with E-state index >= 15 is 0 Å². The third kappa shape index (κ3) is 5.38. The molecular weight excluding hydrogens is 261 g/mol. The number of carbonyl (C=O) groups excluding carboxylic acids is 2. The van der Waals surface area contributed by atoms with E-state index < -0.39 is 11.7 Å². The van der Waals surface area contributed by atoms with Crippen LogP contribution in [0.25, 0.3) is 0 Å². The molecule has 0 radical (unpaired) electrons. The summed E-state index contributed by atoms with van der Waals surface area (Å²) < 4.78 is 18.1. The minimum absolute atomic E-state index is 0.0603. The lowest BCUT2D eigenvalue weighted by atomic mass is 10.1. The lowest BCUT2D eigenvalue weighted by Gasteiger charge is -2.06. The molecule has 1 rings (SSSR count). The molecule has 0 aliphatic carbocycles. The molecule has 0 atom stereocenters. The molecule has 4 nitrogen and oxygen atoms in total. The Morgan fingerprint density at radius 1 is 1.25 bits per heavy atom. The van der Waals surface area contributed by atoms with Gasteiger partial charge in [0, 0.05) is 13.0 Å². The quantitative estimate of drug-likeness (QED) is 0.617. The Hall–Kier alpha value is -1.91. The zero-order valence-corrected chi connectivity index (χ0v) is 11.9. The van der Waals surface area contributed by atoms with Gasteiger partial charge in [0.25, 0.3) is 5.91 Å². The van der Waals surface area contributed by atoms with Gasteiger partial charge in [-0.05, 0) is 37.5 Å². The Bertz CT molecular complexity index is 474. The van der Waals surface area contributed by atoms with Crippen molar-refractivity contribution in [3.05, 3.63) is 35.1 Å². The molecule has 0 unspecified atom stereocenters. The van der Waals surface area contributed by atoms with Crippen LogP contribution in [-0.4, -0.2) is 25.5 Å². The number of methoxy groups -OCH3 is 1. The number of esters is 1. The van der Waals surface area contributed by atoms with Gasteiger partial charge in [-0.1, -0.05) is 12.5 Å². The molecule has 0 aliphatic heterocycles. The molecular formula is C15H20FNO3. The minimum atomic E-state index is -0.506. The number of hydrogen-bond donors (Lipinski definition) is 1. The molecule has 1 amide bonds. The zero-order valence-electron chi connectivity index (χ0n) is 11.9. The van der Waals surface area contributed by atoms with Gasteiger partial charge >= 0.3 is 5.97 Å². The van der Waals surface area contributed by atoms with E-state index in [1.165, 1.54) is 19.2 Å². The van der Waals surface area contributed by atoms with Crippen molar-refractivity contribution in [2.75, 3.05) is 13.7 Å². The normalized spacial score (nSPS) is 10.2. The first kappa shape index (κ1) is 16.1. The fourth-order valence-corrected chi connectivity index (χ4v) is 1.77. The predicted molar refractivity (Wildman–Crippen MR) is 74.0 cm³/mol. The van der Waals surface area contributed by atoms with E-state index in [4.69, 9.17) is 0 Å². The highest BCUT2D eigenvalue weighted by Crippen LogP contribution is 2.09. The molecule has 0 spiro atoms. The summed E-state index contributed by atoms with van der Waals surface area (Å²) in [6.45, 7) is 2.24. The number of rotatable bonds is 7. The highest BCUT2D eigenvalue weighted by Gasteiger charge is 2.10. The topological polar surface area (TPSA) is 55.4 Å². The first-order valence-electron chi connectivity index (χ1n) is 6.65. The van der Waals surface area contributed by atoms with Gasteiger partial charge in [0.2, 0.25) is 0 Å². The lowest BCUT2D eigenvalue weighted by molar-refractivity contribution is -0.140. The van der Waals surface area contributed by atoms with Crippen LogP contribution in [0.3, 0.4) is 0 Å². The van der Waals surface area contributed by atoms with Gasteiger partial charge < -0.3 is 10.1 Å². The Labute approximate surface area is 118 Å². The maximum Gasteiger partial charge on any atom is 0.305 e. The zero-order chi connectivity index (χ0) is 15.0. The fourth-order valence-electron chi connectivity index (χ4n) is 1.77. The van der Waals surface area contributed by atoms with Crippen molar-refractivity contribution >= 4 is 11.9 Å². The van der Waals surface area contributed by atoms with Crippen molar-refractivity contribution in [3.8, 4) is 0 Å². The van der Waals surface area contributed by atoms with Crippen LogP contribution in [-0.2, 0) is 9.53 Å². The van der Waals surface area contributed by atoms with Crippen LogP contribution >= 0.6 is 0 Å². The van der Waals surface area contributed by atoms with Gasteiger partial charge in [-0.3, -0.25) is 9.59 Å². The lowest BCUT2D eigenvalue weighted by Crippen LogP contribution is -2.25. The van der Waals surface area contributed by atoms with Gasteiger partial charge in [0.1, 0.15) is 5.82 Å². The Morgan fingerprint density at radius 3 is 2.65 bits per heavy atom. The van der Waals surface area contributed by atoms with E-state index in [1.807, 2.05) is 0 Å². The number of amides is 1. The number of carbonyl (C=O) groups is 2. The monoisotopic (exact) mass is 281 g/mol. The van der Waals surface area contributed by atoms with E-state index in [0.29, 0.717) is 13.0 Å². The standard InChI is InChI=1S/C15H20FNO3/c1-11-7-8-12(13(16)10-11)15(19)17-9-5-3-4-6-14(18)20-2/h7-8,10H,3-6,9H2,1-2H3,(H,17,19). The van der Waals surface area contributed by atoms with Gasteiger partial charge in [-0.25, -0.2) is 4.39 Å². The summed E-state index contributed by atoms with van der Waals surface area (Å²) in [4.78, 5) is 22.6. The summed E-state index contributed by atoms with van der Waals surface area (Å²) >= 11 is 0. The summed E-state index contributed by atoms with van der Waals surface area (Å²) in [6.07, 6.45) is 2.67. The van der Waals surface area contributed by atoms with Gasteiger partial charge in [-0.15, -0.1) is 0 Å². The Balaban J connectivity index is 2.25. The maximum absolute atomic E-state index is 13.5. The molecule has 0 heterocycles. The molecule has 1 aromatic carbocycles. The fraction of sp³-hybridized carbons (Fsp3) is 0.467. The number of unbranched alkanes of at least 4 members (excludes halogenated alkanes) is 2. The van der Waals surface area contributed by atoms with Gasteiger partial charge in [0.15, 0.2) is 0 Å². The molecule has 0 fully saturated rings. The first-order chi connectivity index (χ1) is 9.54. The van der Waals surface area contributed by atoms with Crippen LogP contribution in [0.1, 0.15) is 41.6 Å². The van der Waals surface area contributed by atoms with Crippen molar-refractivity contribution in [3.63, 3.8) is 0 Å². The molecule has 0 aliphatic rings. The van der Waals surface area contributed by atoms with E-state index in [9.17, 15) is 14.0 Å². The molecule has 0 aromatic heterocycles. The van der Waals surface area contributed by atoms with Crippen molar-refractivity contribution < 1.29 is 18.7 Å². The highest BCUT2D eigenvalue weighted by molar-refractivity contribution is 5.94. The second-order valence-electron chi connectivity index (χ2n) is 4.63. The predicted octanol–water partition coefficient (Wildman–Crippen LogP) is 2.60. The summed E-state index contributed by atoms with van der Waals surface area (Å²) in [5.41, 5.74) is 0.840. The maximum atomic E-state index is 13.5. The summed E-state index contributed by atoms with van der Waals surface area (Å²) in [5.74, 6) is -1.14. The van der Waals surface area contributed by atoms with Crippen LogP contribution in [0.2, 0.25) is 0 Å². The second-order valence-corrected chi connectivity index (χ2v) is 4.63. The number of benzene rings is 1. The molecule has 1 aromatic rings. The molecule has 1 N–H and O–H groups in total. The molecule has 0 saturated heterocycles. The van der Waals surface area contributed by atoms with E-state index in [2.05, 4.69) is 10.1 Å². The number of aryl methyl sites for hydroxylation is 1. The van der Waals surface area contributed by atoms with Gasteiger partial charge in [-0.2, -0.15) is 0 Å². The summed E-state index contributed by atoms with van der Waals surface area (Å²) in [6, 6.07) is 4.52. The number of hydrogen-bond acceptors (Lipinski definition) is 3. The van der Waals surface area contributed by atoms with Crippen molar-refractivity contribution in [2.24, 2.45) is 0 Å². The third-order valence-corrected chi connectivity index (χ3v) is 2.94. The van der Waals surface area contributed by atoms with E-state index in [0.717, 1.165) is 24.8 Å². The minimum Gasteiger partial charge on any atom is -0.469 e. The summed E-state index contributed by atoms with van der Waals surface area (Å²) in [7, 11) is 1.36.